The maximum Gasteiger partial charge on any atom is 0.421 e. The molecule has 1 amide bonds. The lowest BCUT2D eigenvalue weighted by Gasteiger charge is -2.34. The predicted molar refractivity (Wildman–Crippen MR) is 115 cm³/mol. The molecule has 0 spiro atoms. The van der Waals surface area contributed by atoms with E-state index in [2.05, 4.69) is 15.0 Å². The Balaban J connectivity index is 1.22. The Morgan fingerprint density at radius 2 is 1.94 bits per heavy atom. The second-order valence-corrected chi connectivity index (χ2v) is 8.62. The third kappa shape index (κ3) is 5.69. The molecule has 0 aliphatic carbocycles. The number of carbonyl (C=O) groups is 1. The number of aryl methyl sites for hydroxylation is 1. The Morgan fingerprint density at radius 3 is 2.64 bits per heavy atom. The van der Waals surface area contributed by atoms with Crippen LogP contribution in [0.15, 0.2) is 45.2 Å². The van der Waals surface area contributed by atoms with E-state index < -0.39 is 23.8 Å². The number of alkyl halides is 3. The van der Waals surface area contributed by atoms with Crippen LogP contribution in [0.3, 0.4) is 0 Å². The van der Waals surface area contributed by atoms with Crippen LogP contribution in [0.25, 0.3) is 10.7 Å². The smallest absolute Gasteiger partial charge is 0.339 e. The van der Waals surface area contributed by atoms with Gasteiger partial charge in [0.25, 0.3) is 5.56 Å². The zero-order valence-electron chi connectivity index (χ0n) is 17.6. The first-order chi connectivity index (χ1) is 15.8. The first-order valence-electron chi connectivity index (χ1n) is 10.4. The second kappa shape index (κ2) is 9.87. The van der Waals surface area contributed by atoms with E-state index in [-0.39, 0.29) is 5.91 Å². The van der Waals surface area contributed by atoms with Crippen LogP contribution in [-0.2, 0) is 23.9 Å². The maximum atomic E-state index is 12.9. The van der Waals surface area contributed by atoms with E-state index in [9.17, 15) is 22.8 Å². The average Bonchev–Trinajstić information content (AvgIpc) is 3.47. The molecular weight excluding hydrogens is 459 g/mol. The summed E-state index contributed by atoms with van der Waals surface area (Å²) in [4.78, 5) is 33.7. The number of pyridine rings is 1. The molecule has 176 valence electrons. The number of thiophene rings is 1. The van der Waals surface area contributed by atoms with Crippen molar-refractivity contribution in [3.63, 3.8) is 0 Å². The highest BCUT2D eigenvalue weighted by molar-refractivity contribution is 7.13. The molecule has 4 heterocycles. The fourth-order valence-electron chi connectivity index (χ4n) is 3.66. The normalized spacial score (nSPS) is 15.2. The number of hydrogen-bond donors (Lipinski definition) is 0. The van der Waals surface area contributed by atoms with Crippen LogP contribution in [0.4, 0.5) is 13.2 Å². The number of amides is 1. The second-order valence-electron chi connectivity index (χ2n) is 7.67. The molecule has 0 unspecified atom stereocenters. The summed E-state index contributed by atoms with van der Waals surface area (Å²) in [6.45, 7) is 2.59. The number of halogens is 3. The molecule has 0 atom stereocenters. The van der Waals surface area contributed by atoms with Gasteiger partial charge in [0, 0.05) is 38.8 Å². The molecule has 0 saturated carbocycles. The third-order valence-electron chi connectivity index (χ3n) is 5.43. The number of carbonyl (C=O) groups excluding carboxylic acids is 1. The molecule has 4 rings (SSSR count). The largest absolute Gasteiger partial charge is 0.421 e. The molecule has 33 heavy (non-hydrogen) atoms. The number of hydrogen-bond acceptors (Lipinski definition) is 7. The van der Waals surface area contributed by atoms with Crippen molar-refractivity contribution < 1.29 is 22.5 Å². The minimum absolute atomic E-state index is 0.372. The highest BCUT2D eigenvalue weighted by Gasteiger charge is 2.34. The molecule has 1 aliphatic heterocycles. The van der Waals surface area contributed by atoms with E-state index in [4.69, 9.17) is 4.52 Å². The predicted octanol–water partition coefficient (Wildman–Crippen LogP) is 2.76. The Bertz CT molecular complexity index is 1130. The van der Waals surface area contributed by atoms with Gasteiger partial charge in [0.1, 0.15) is 12.1 Å². The van der Waals surface area contributed by atoms with E-state index >= 15 is 0 Å². The van der Waals surface area contributed by atoms with E-state index in [0.29, 0.717) is 44.3 Å². The van der Waals surface area contributed by atoms with E-state index in [1.54, 1.807) is 16.2 Å². The van der Waals surface area contributed by atoms with Crippen molar-refractivity contribution in [3.8, 4) is 10.7 Å². The molecule has 0 N–H and O–H groups in total. The standard InChI is InChI=1S/C21H22F3N5O3S/c22-21(23,24)15-4-1-8-29(20(15)31)14-18(30)28-11-9-27(10-12-28)7-2-6-17-25-19(26-32-17)16-5-3-13-33-16/h1,3-5,8,13H,2,6-7,9-12,14H2. The van der Waals surface area contributed by atoms with Crippen molar-refractivity contribution in [1.82, 2.24) is 24.5 Å². The van der Waals surface area contributed by atoms with Gasteiger partial charge >= 0.3 is 6.18 Å². The SMILES string of the molecule is O=C(Cn1cccc(C(F)(F)F)c1=O)N1CCN(CCCc2nc(-c3cccs3)no2)CC1. The fourth-order valence-corrected chi connectivity index (χ4v) is 4.31. The quantitative estimate of drug-likeness (QED) is 0.516. The lowest BCUT2D eigenvalue weighted by molar-refractivity contribution is -0.140. The summed E-state index contributed by atoms with van der Waals surface area (Å²) in [5.41, 5.74) is -2.48. The molecule has 3 aromatic rings. The van der Waals surface area contributed by atoms with Crippen LogP contribution < -0.4 is 5.56 Å². The van der Waals surface area contributed by atoms with Crippen LogP contribution in [-0.4, -0.2) is 63.1 Å². The molecule has 0 aromatic carbocycles. The Hall–Kier alpha value is -2.99. The van der Waals surface area contributed by atoms with Crippen molar-refractivity contribution in [3.05, 3.63) is 57.7 Å². The van der Waals surface area contributed by atoms with E-state index in [1.807, 2.05) is 17.5 Å². The van der Waals surface area contributed by atoms with Gasteiger partial charge in [-0.05, 0) is 36.5 Å². The molecule has 1 fully saturated rings. The minimum Gasteiger partial charge on any atom is -0.339 e. The Morgan fingerprint density at radius 1 is 1.15 bits per heavy atom. The van der Waals surface area contributed by atoms with E-state index in [1.165, 1.54) is 6.20 Å². The van der Waals surface area contributed by atoms with Crippen molar-refractivity contribution >= 4 is 17.2 Å². The zero-order chi connectivity index (χ0) is 23.4. The van der Waals surface area contributed by atoms with Crippen LogP contribution >= 0.6 is 11.3 Å². The fraction of sp³-hybridized carbons (Fsp3) is 0.429. The van der Waals surface area contributed by atoms with Gasteiger partial charge in [0.2, 0.25) is 17.6 Å². The molecule has 1 saturated heterocycles. The summed E-state index contributed by atoms with van der Waals surface area (Å²) < 4.78 is 44.8. The highest BCUT2D eigenvalue weighted by atomic mass is 32.1. The lowest BCUT2D eigenvalue weighted by Crippen LogP contribution is -2.50. The highest BCUT2D eigenvalue weighted by Crippen LogP contribution is 2.26. The van der Waals surface area contributed by atoms with Crippen LogP contribution in [0.1, 0.15) is 17.9 Å². The van der Waals surface area contributed by atoms with Gasteiger partial charge in [-0.3, -0.25) is 14.5 Å². The van der Waals surface area contributed by atoms with Gasteiger partial charge in [-0.1, -0.05) is 11.2 Å². The third-order valence-corrected chi connectivity index (χ3v) is 6.30. The number of rotatable bonds is 7. The number of nitrogens with zero attached hydrogens (tertiary/aromatic N) is 5. The molecule has 0 radical (unpaired) electrons. The van der Waals surface area contributed by atoms with Crippen LogP contribution in [0, 0.1) is 0 Å². The maximum absolute atomic E-state index is 12.9. The summed E-state index contributed by atoms with van der Waals surface area (Å²) >= 11 is 1.55. The van der Waals surface area contributed by atoms with Gasteiger partial charge < -0.3 is 14.0 Å². The molecule has 8 nitrogen and oxygen atoms in total. The summed E-state index contributed by atoms with van der Waals surface area (Å²) in [7, 11) is 0. The Labute approximate surface area is 191 Å². The molecular formula is C21H22F3N5O3S. The number of aromatic nitrogens is 3. The van der Waals surface area contributed by atoms with Crippen molar-refractivity contribution in [1.29, 1.82) is 0 Å². The Kier molecular flexibility index (Phi) is 6.94. The van der Waals surface area contributed by atoms with Gasteiger partial charge in [0.05, 0.1) is 4.88 Å². The average molecular weight is 482 g/mol. The van der Waals surface area contributed by atoms with Crippen LogP contribution in [0.5, 0.6) is 0 Å². The van der Waals surface area contributed by atoms with Crippen molar-refractivity contribution in [2.24, 2.45) is 0 Å². The van der Waals surface area contributed by atoms with Gasteiger partial charge in [-0.25, -0.2) is 0 Å². The van der Waals surface area contributed by atoms with Gasteiger partial charge in [0.15, 0.2) is 0 Å². The zero-order valence-corrected chi connectivity index (χ0v) is 18.4. The molecule has 1 aliphatic rings. The van der Waals surface area contributed by atoms with Crippen LogP contribution in [0.2, 0.25) is 0 Å². The first kappa shape index (κ1) is 23.2. The topological polar surface area (TPSA) is 84.5 Å². The van der Waals surface area contributed by atoms with E-state index in [0.717, 1.165) is 34.5 Å². The monoisotopic (exact) mass is 481 g/mol. The summed E-state index contributed by atoms with van der Waals surface area (Å²) in [5.74, 6) is 0.800. The summed E-state index contributed by atoms with van der Waals surface area (Å²) in [5, 5.41) is 5.94. The summed E-state index contributed by atoms with van der Waals surface area (Å²) in [6, 6.07) is 5.71. The first-order valence-corrected chi connectivity index (χ1v) is 11.3. The van der Waals surface area contributed by atoms with Crippen molar-refractivity contribution in [2.45, 2.75) is 25.6 Å². The van der Waals surface area contributed by atoms with Gasteiger partial charge in [-0.15, -0.1) is 11.3 Å². The van der Waals surface area contributed by atoms with Crippen molar-refractivity contribution in [2.75, 3.05) is 32.7 Å². The minimum atomic E-state index is -4.75. The van der Waals surface area contributed by atoms with Gasteiger partial charge in [-0.2, -0.15) is 18.2 Å². The lowest BCUT2D eigenvalue weighted by atomic mass is 10.2. The molecule has 3 aromatic heterocycles. The summed E-state index contributed by atoms with van der Waals surface area (Å²) in [6.07, 6.45) is -2.08. The molecule has 0 bridgehead atoms. The molecule has 12 heteroatoms. The number of piperazine rings is 1.